The van der Waals surface area contributed by atoms with E-state index < -0.39 is 0 Å². The van der Waals surface area contributed by atoms with Crippen LogP contribution in [0.3, 0.4) is 0 Å². The molecule has 0 aliphatic heterocycles. The Morgan fingerprint density at radius 2 is 2.07 bits per heavy atom. The number of rotatable bonds is 4. The summed E-state index contributed by atoms with van der Waals surface area (Å²) in [6.45, 7) is 4.33. The topological polar surface area (TPSA) is 29.1 Å². The zero-order chi connectivity index (χ0) is 11.3. The Hall–Kier alpha value is -1.57. The van der Waals surface area contributed by atoms with E-state index in [0.717, 1.165) is 17.5 Å². The van der Waals surface area contributed by atoms with Gasteiger partial charge in [0.2, 0.25) is 0 Å². The zero-order valence-corrected chi connectivity index (χ0v) is 9.45. The first kappa shape index (κ1) is 11.5. The molecule has 1 N–H and O–H groups in total. The minimum atomic E-state index is 0.497. The molecule has 1 rings (SSSR count). The van der Waals surface area contributed by atoms with Crippen molar-refractivity contribution in [3.8, 4) is 0 Å². The van der Waals surface area contributed by atoms with Crippen LogP contribution in [0.15, 0.2) is 24.3 Å². The number of anilines is 1. The van der Waals surface area contributed by atoms with Crippen molar-refractivity contribution in [3.63, 3.8) is 0 Å². The van der Waals surface area contributed by atoms with Gasteiger partial charge in [0.1, 0.15) is 6.29 Å². The minimum absolute atomic E-state index is 0.497. The van der Waals surface area contributed by atoms with Crippen LogP contribution >= 0.6 is 0 Å². The summed E-state index contributed by atoms with van der Waals surface area (Å²) in [7, 11) is 1.91. The number of allylic oxidation sites excluding steroid dienone is 1. The van der Waals surface area contributed by atoms with Crippen molar-refractivity contribution >= 4 is 18.0 Å². The summed E-state index contributed by atoms with van der Waals surface area (Å²) in [5.41, 5.74) is 3.45. The van der Waals surface area contributed by atoms with Gasteiger partial charge in [0.15, 0.2) is 0 Å². The van der Waals surface area contributed by atoms with Crippen molar-refractivity contribution in [3.05, 3.63) is 35.4 Å². The highest BCUT2D eigenvalue weighted by atomic mass is 16.1. The quantitative estimate of drug-likeness (QED) is 0.602. The number of aldehydes is 1. The third-order valence-corrected chi connectivity index (χ3v) is 2.34. The largest absolute Gasteiger partial charge is 0.388 e. The fraction of sp³-hybridized carbons (Fsp3) is 0.308. The van der Waals surface area contributed by atoms with Gasteiger partial charge in [0.05, 0.1) is 0 Å². The highest BCUT2D eigenvalue weighted by Crippen LogP contribution is 2.25. The molecule has 2 heteroatoms. The van der Waals surface area contributed by atoms with Crippen LogP contribution < -0.4 is 5.32 Å². The van der Waals surface area contributed by atoms with E-state index in [1.807, 2.05) is 13.1 Å². The Morgan fingerprint density at radius 1 is 1.33 bits per heavy atom. The maximum Gasteiger partial charge on any atom is 0.142 e. The SMILES string of the molecule is CNc1cc(/C=C/C=O)ccc1C(C)C. The van der Waals surface area contributed by atoms with Crippen LogP contribution in [0, 0.1) is 0 Å². The van der Waals surface area contributed by atoms with Crippen molar-refractivity contribution in [1.29, 1.82) is 0 Å². The van der Waals surface area contributed by atoms with E-state index in [2.05, 4.69) is 31.3 Å². The van der Waals surface area contributed by atoms with Crippen LogP contribution in [0.2, 0.25) is 0 Å². The summed E-state index contributed by atoms with van der Waals surface area (Å²) in [6, 6.07) is 6.17. The van der Waals surface area contributed by atoms with E-state index >= 15 is 0 Å². The van der Waals surface area contributed by atoms with E-state index in [0.29, 0.717) is 5.92 Å². The van der Waals surface area contributed by atoms with Gasteiger partial charge in [-0.15, -0.1) is 0 Å². The molecule has 0 unspecified atom stereocenters. The van der Waals surface area contributed by atoms with Crippen LogP contribution in [0.25, 0.3) is 6.08 Å². The highest BCUT2D eigenvalue weighted by Gasteiger charge is 2.04. The van der Waals surface area contributed by atoms with Crippen molar-refractivity contribution < 1.29 is 4.79 Å². The lowest BCUT2D eigenvalue weighted by Gasteiger charge is -2.12. The summed E-state index contributed by atoms with van der Waals surface area (Å²) >= 11 is 0. The summed E-state index contributed by atoms with van der Waals surface area (Å²) in [4.78, 5) is 10.2. The lowest BCUT2D eigenvalue weighted by molar-refractivity contribution is -0.104. The van der Waals surface area contributed by atoms with Crippen LogP contribution in [-0.2, 0) is 4.79 Å². The van der Waals surface area contributed by atoms with Gasteiger partial charge in [-0.3, -0.25) is 4.79 Å². The molecule has 0 amide bonds. The van der Waals surface area contributed by atoms with Gasteiger partial charge in [0.25, 0.3) is 0 Å². The fourth-order valence-corrected chi connectivity index (χ4v) is 1.55. The van der Waals surface area contributed by atoms with Crippen LogP contribution in [0.1, 0.15) is 30.9 Å². The Balaban J connectivity index is 3.07. The Kier molecular flexibility index (Phi) is 4.10. The van der Waals surface area contributed by atoms with E-state index in [4.69, 9.17) is 0 Å². The second-order valence-corrected chi connectivity index (χ2v) is 3.75. The van der Waals surface area contributed by atoms with Crippen molar-refractivity contribution in [2.24, 2.45) is 0 Å². The summed E-state index contributed by atoms with van der Waals surface area (Å²) in [5, 5.41) is 3.17. The molecule has 15 heavy (non-hydrogen) atoms. The molecule has 0 bridgehead atoms. The van der Waals surface area contributed by atoms with Crippen LogP contribution in [0.5, 0.6) is 0 Å². The van der Waals surface area contributed by atoms with Gasteiger partial charge in [-0.05, 0) is 29.2 Å². The van der Waals surface area contributed by atoms with Crippen LogP contribution in [0.4, 0.5) is 5.69 Å². The Bertz CT molecular complexity index is 367. The van der Waals surface area contributed by atoms with Crippen molar-refractivity contribution in [2.45, 2.75) is 19.8 Å². The molecule has 0 aliphatic rings. The Labute approximate surface area is 91.0 Å². The molecule has 0 saturated carbocycles. The number of benzene rings is 1. The number of hydrogen-bond donors (Lipinski definition) is 1. The number of carbonyl (C=O) groups is 1. The van der Waals surface area contributed by atoms with Crippen molar-refractivity contribution in [2.75, 3.05) is 12.4 Å². The standard InChI is InChI=1S/C13H17NO/c1-10(2)12-7-6-11(5-4-8-15)9-13(12)14-3/h4-10,14H,1-3H3/b5-4+. The lowest BCUT2D eigenvalue weighted by atomic mass is 9.99. The summed E-state index contributed by atoms with van der Waals surface area (Å²) < 4.78 is 0. The smallest absolute Gasteiger partial charge is 0.142 e. The van der Waals surface area contributed by atoms with Gasteiger partial charge in [-0.2, -0.15) is 0 Å². The first-order chi connectivity index (χ1) is 7.19. The van der Waals surface area contributed by atoms with Gasteiger partial charge < -0.3 is 5.32 Å². The van der Waals surface area contributed by atoms with Gasteiger partial charge in [0, 0.05) is 12.7 Å². The molecule has 0 aliphatic carbocycles. The molecule has 0 fully saturated rings. The molecule has 2 nitrogen and oxygen atoms in total. The molecular weight excluding hydrogens is 186 g/mol. The third kappa shape index (κ3) is 2.94. The molecule has 0 spiro atoms. The van der Waals surface area contributed by atoms with E-state index in [-0.39, 0.29) is 0 Å². The maximum atomic E-state index is 10.2. The zero-order valence-electron chi connectivity index (χ0n) is 9.45. The predicted octanol–water partition coefficient (Wildman–Crippen LogP) is 3.06. The van der Waals surface area contributed by atoms with E-state index in [9.17, 15) is 4.79 Å². The molecule has 0 aromatic heterocycles. The fourth-order valence-electron chi connectivity index (χ4n) is 1.55. The molecule has 80 valence electrons. The minimum Gasteiger partial charge on any atom is -0.388 e. The summed E-state index contributed by atoms with van der Waals surface area (Å²) in [6.07, 6.45) is 4.09. The molecule has 0 atom stereocenters. The molecule has 1 aromatic rings. The van der Waals surface area contributed by atoms with Crippen molar-refractivity contribution in [1.82, 2.24) is 0 Å². The van der Waals surface area contributed by atoms with Crippen LogP contribution in [-0.4, -0.2) is 13.3 Å². The third-order valence-electron chi connectivity index (χ3n) is 2.34. The normalized spacial score (nSPS) is 10.9. The molecule has 0 radical (unpaired) electrons. The second-order valence-electron chi connectivity index (χ2n) is 3.75. The number of nitrogens with one attached hydrogen (secondary N) is 1. The average molecular weight is 203 g/mol. The predicted molar refractivity (Wildman–Crippen MR) is 65.2 cm³/mol. The first-order valence-corrected chi connectivity index (χ1v) is 5.12. The van der Waals surface area contributed by atoms with E-state index in [1.165, 1.54) is 11.6 Å². The van der Waals surface area contributed by atoms with Gasteiger partial charge >= 0.3 is 0 Å². The number of hydrogen-bond acceptors (Lipinski definition) is 2. The van der Waals surface area contributed by atoms with E-state index in [1.54, 1.807) is 6.08 Å². The molecule has 0 saturated heterocycles. The van der Waals surface area contributed by atoms with Gasteiger partial charge in [-0.25, -0.2) is 0 Å². The lowest BCUT2D eigenvalue weighted by Crippen LogP contribution is -1.97. The molecule has 0 heterocycles. The number of carbonyl (C=O) groups excluding carboxylic acids is 1. The first-order valence-electron chi connectivity index (χ1n) is 5.12. The highest BCUT2D eigenvalue weighted by molar-refractivity contribution is 5.75. The molecule has 1 aromatic carbocycles. The average Bonchev–Trinajstić information content (AvgIpc) is 2.25. The summed E-state index contributed by atoms with van der Waals surface area (Å²) in [5.74, 6) is 0.497. The maximum absolute atomic E-state index is 10.2. The monoisotopic (exact) mass is 203 g/mol. The molecular formula is C13H17NO. The van der Waals surface area contributed by atoms with Gasteiger partial charge in [-0.1, -0.05) is 32.1 Å². The second kappa shape index (κ2) is 5.35. The Morgan fingerprint density at radius 3 is 2.60 bits per heavy atom.